The van der Waals surface area contributed by atoms with Crippen molar-refractivity contribution >= 4 is 11.7 Å². The zero-order valence-corrected chi connectivity index (χ0v) is 15.0. The maximum absolute atomic E-state index is 11.1. The smallest absolute Gasteiger partial charge is 0.305 e. The molecule has 0 heterocycles. The van der Waals surface area contributed by atoms with Gasteiger partial charge in [0.05, 0.1) is 40.2 Å². The Kier molecular flexibility index (Phi) is 6.21. The third kappa shape index (κ3) is 7.11. The second kappa shape index (κ2) is 8.36. The van der Waals surface area contributed by atoms with E-state index in [1.807, 2.05) is 54.6 Å². The van der Waals surface area contributed by atoms with Crippen molar-refractivity contribution in [2.24, 2.45) is 0 Å². The Morgan fingerprint density at radius 1 is 1.04 bits per heavy atom. The first-order valence-corrected chi connectivity index (χ1v) is 8.28. The topological polar surface area (TPSA) is 49.3 Å². The number of carboxylic acids is 1. The van der Waals surface area contributed by atoms with Crippen LogP contribution in [0.1, 0.15) is 17.5 Å². The minimum Gasteiger partial charge on any atom is -0.481 e. The summed E-state index contributed by atoms with van der Waals surface area (Å²) in [5.74, 6) is 5.49. The van der Waals surface area contributed by atoms with Crippen LogP contribution in [0.4, 0.5) is 5.69 Å². The average Bonchev–Trinajstić information content (AvgIpc) is 2.52. The van der Waals surface area contributed by atoms with Crippen LogP contribution < -0.4 is 5.32 Å². The van der Waals surface area contributed by atoms with Gasteiger partial charge in [-0.3, -0.25) is 4.79 Å². The third-order valence-corrected chi connectivity index (χ3v) is 3.55. The van der Waals surface area contributed by atoms with Gasteiger partial charge in [0.25, 0.3) is 0 Å². The van der Waals surface area contributed by atoms with Gasteiger partial charge in [0.15, 0.2) is 0 Å². The summed E-state index contributed by atoms with van der Waals surface area (Å²) in [5, 5.41) is 12.5. The van der Waals surface area contributed by atoms with E-state index in [9.17, 15) is 4.79 Å². The van der Waals surface area contributed by atoms with Crippen LogP contribution in [-0.2, 0) is 4.79 Å². The molecular weight excluding hydrogens is 312 g/mol. The van der Waals surface area contributed by atoms with Gasteiger partial charge in [-0.2, -0.15) is 0 Å². The van der Waals surface area contributed by atoms with E-state index in [1.165, 1.54) is 0 Å². The Morgan fingerprint density at radius 3 is 2.32 bits per heavy atom. The van der Waals surface area contributed by atoms with E-state index < -0.39 is 5.97 Å². The van der Waals surface area contributed by atoms with E-state index in [-0.39, 0.29) is 12.5 Å². The first-order valence-electron chi connectivity index (χ1n) is 8.28. The van der Waals surface area contributed by atoms with Crippen molar-refractivity contribution in [1.82, 2.24) is 0 Å². The molecule has 0 radical (unpaired) electrons. The normalized spacial score (nSPS) is 12.0. The molecule has 4 heteroatoms. The zero-order chi connectivity index (χ0) is 18.3. The molecule has 4 nitrogen and oxygen atoms in total. The molecular formula is C21H25N2O2+. The number of hydrogen-bond acceptors (Lipinski definition) is 2. The molecule has 0 spiro atoms. The fourth-order valence-electron chi connectivity index (χ4n) is 2.62. The predicted octanol–water partition coefficient (Wildman–Crippen LogP) is 3.05. The Balaban J connectivity index is 2.13. The second-order valence-corrected chi connectivity index (χ2v) is 7.11. The van der Waals surface area contributed by atoms with E-state index in [2.05, 4.69) is 38.3 Å². The number of nitrogens with one attached hydrogen (secondary N) is 1. The summed E-state index contributed by atoms with van der Waals surface area (Å²) in [6.07, 6.45) is 0.0788. The molecule has 2 aromatic rings. The molecule has 0 bridgehead atoms. The highest BCUT2D eigenvalue weighted by atomic mass is 16.4. The van der Waals surface area contributed by atoms with Crippen LogP contribution >= 0.6 is 0 Å². The van der Waals surface area contributed by atoms with Crippen molar-refractivity contribution in [1.29, 1.82) is 0 Å². The minimum absolute atomic E-state index is 0.0788. The standard InChI is InChI=1S/C21H24N2O2/c1-23(2,3)16-20(15-21(24)25)22-19-11-7-10-18(14-19)13-12-17-8-5-4-6-9-17/h4-11,14,20,22H,15-16H2,1-3H3/p+1/t20-/m1/s1. The van der Waals surface area contributed by atoms with Gasteiger partial charge in [-0.05, 0) is 30.3 Å². The lowest BCUT2D eigenvalue weighted by atomic mass is 10.1. The number of carboxylic acid groups (broad SMARTS) is 1. The van der Waals surface area contributed by atoms with Crippen molar-refractivity contribution in [3.8, 4) is 11.8 Å². The van der Waals surface area contributed by atoms with E-state index in [0.29, 0.717) is 11.0 Å². The van der Waals surface area contributed by atoms with Crippen molar-refractivity contribution in [3.05, 3.63) is 65.7 Å². The van der Waals surface area contributed by atoms with Gasteiger partial charge in [0.1, 0.15) is 0 Å². The van der Waals surface area contributed by atoms with Gasteiger partial charge in [0.2, 0.25) is 0 Å². The van der Waals surface area contributed by atoms with Gasteiger partial charge in [-0.1, -0.05) is 36.1 Å². The lowest BCUT2D eigenvalue weighted by Gasteiger charge is -2.29. The minimum atomic E-state index is -0.800. The van der Waals surface area contributed by atoms with E-state index in [0.717, 1.165) is 16.8 Å². The molecule has 2 rings (SSSR count). The number of carbonyl (C=O) groups is 1. The van der Waals surface area contributed by atoms with Crippen LogP contribution in [0.15, 0.2) is 54.6 Å². The number of quaternary nitrogens is 1. The summed E-state index contributed by atoms with van der Waals surface area (Å²) in [4.78, 5) is 11.1. The summed E-state index contributed by atoms with van der Waals surface area (Å²) in [5.41, 5.74) is 2.75. The molecule has 0 aliphatic carbocycles. The quantitative estimate of drug-likeness (QED) is 0.629. The lowest BCUT2D eigenvalue weighted by Crippen LogP contribution is -2.45. The Labute approximate surface area is 149 Å². The molecule has 1 atom stereocenters. The van der Waals surface area contributed by atoms with Crippen molar-refractivity contribution in [3.63, 3.8) is 0 Å². The summed E-state index contributed by atoms with van der Waals surface area (Å²) >= 11 is 0. The Bertz CT molecular complexity index is 768. The summed E-state index contributed by atoms with van der Waals surface area (Å²) < 4.78 is 0.693. The Hall–Kier alpha value is -2.77. The van der Waals surface area contributed by atoms with Crippen molar-refractivity contribution in [2.45, 2.75) is 12.5 Å². The molecule has 0 amide bonds. The Morgan fingerprint density at radius 2 is 1.68 bits per heavy atom. The van der Waals surface area contributed by atoms with E-state index in [1.54, 1.807) is 0 Å². The maximum atomic E-state index is 11.1. The molecule has 25 heavy (non-hydrogen) atoms. The number of anilines is 1. The van der Waals surface area contributed by atoms with Crippen LogP contribution in [0, 0.1) is 11.8 Å². The van der Waals surface area contributed by atoms with E-state index in [4.69, 9.17) is 5.11 Å². The number of likely N-dealkylation sites (N-methyl/N-ethyl adjacent to an activating group) is 1. The van der Waals surface area contributed by atoms with Gasteiger partial charge in [0, 0.05) is 16.8 Å². The largest absolute Gasteiger partial charge is 0.481 e. The van der Waals surface area contributed by atoms with Crippen molar-refractivity contribution in [2.75, 3.05) is 33.0 Å². The van der Waals surface area contributed by atoms with Gasteiger partial charge >= 0.3 is 5.97 Å². The highest BCUT2D eigenvalue weighted by molar-refractivity contribution is 5.68. The number of aliphatic carboxylic acids is 1. The molecule has 130 valence electrons. The second-order valence-electron chi connectivity index (χ2n) is 7.11. The first kappa shape index (κ1) is 18.6. The van der Waals surface area contributed by atoms with Gasteiger partial charge < -0.3 is 14.9 Å². The van der Waals surface area contributed by atoms with E-state index >= 15 is 0 Å². The first-order chi connectivity index (χ1) is 11.8. The zero-order valence-electron chi connectivity index (χ0n) is 15.0. The number of nitrogens with zero attached hydrogens (tertiary/aromatic N) is 1. The number of rotatable bonds is 6. The van der Waals surface area contributed by atoms with Crippen LogP contribution in [0.3, 0.4) is 0 Å². The lowest BCUT2D eigenvalue weighted by molar-refractivity contribution is -0.870. The molecule has 0 unspecified atom stereocenters. The highest BCUT2D eigenvalue weighted by Crippen LogP contribution is 2.14. The fraction of sp³-hybridized carbons (Fsp3) is 0.286. The van der Waals surface area contributed by atoms with Crippen molar-refractivity contribution < 1.29 is 14.4 Å². The monoisotopic (exact) mass is 337 g/mol. The summed E-state index contributed by atoms with van der Waals surface area (Å²) in [7, 11) is 6.16. The fourth-order valence-corrected chi connectivity index (χ4v) is 2.62. The highest BCUT2D eigenvalue weighted by Gasteiger charge is 2.20. The molecule has 0 fully saturated rings. The third-order valence-electron chi connectivity index (χ3n) is 3.55. The molecule has 2 N–H and O–H groups in total. The van der Waals surface area contributed by atoms with Crippen LogP contribution in [0.2, 0.25) is 0 Å². The number of benzene rings is 2. The van der Waals surface area contributed by atoms with Crippen LogP contribution in [0.25, 0.3) is 0 Å². The predicted molar refractivity (Wildman–Crippen MR) is 101 cm³/mol. The molecule has 0 aliphatic heterocycles. The summed E-state index contributed by atoms with van der Waals surface area (Å²) in [6.45, 7) is 0.715. The summed E-state index contributed by atoms with van der Waals surface area (Å²) in [6, 6.07) is 17.5. The molecule has 2 aromatic carbocycles. The molecule has 0 aromatic heterocycles. The van der Waals surface area contributed by atoms with Crippen LogP contribution in [0.5, 0.6) is 0 Å². The van der Waals surface area contributed by atoms with Gasteiger partial charge in [-0.25, -0.2) is 0 Å². The maximum Gasteiger partial charge on any atom is 0.305 e. The molecule has 0 saturated carbocycles. The SMILES string of the molecule is C[N+](C)(C)C[C@@H](CC(=O)O)Nc1cccc(C#Cc2ccccc2)c1. The average molecular weight is 337 g/mol. The van der Waals surface area contributed by atoms with Gasteiger partial charge in [-0.15, -0.1) is 0 Å². The number of hydrogen-bond donors (Lipinski definition) is 2. The van der Waals surface area contributed by atoms with Crippen LogP contribution in [-0.4, -0.2) is 49.3 Å². The molecule has 0 saturated heterocycles. The molecule has 0 aliphatic rings.